The molecule has 10 heteroatoms. The molecule has 2 atom stereocenters. The van der Waals surface area contributed by atoms with Crippen LogP contribution < -0.4 is 0 Å². The highest BCUT2D eigenvalue weighted by Crippen LogP contribution is 2.43. The van der Waals surface area contributed by atoms with Gasteiger partial charge in [0.25, 0.3) is 0 Å². The standard InChI is InChI=1S/C88H156NO8P/c1-6-8-10-12-14-16-18-20-22-24-26-28-30-32-34-36-38-40-41-42-43-44-45-46-47-49-50-52-54-56-58-60-62-64-66-68-70-72-74-76-78-80-87(90)94-84-86(85-96-98(92,93)95-83-82-89(3,4)5)97-88(91)81-79-77-75-73-71-69-67-65-63-61-59-57-55-53-51-48-39-37-35-33-31-29-27-25-23-21-19-17-15-13-11-9-7-2/h9,11,15,17-18,20-21,23-24,26-27,29,33,35,39,48,53,55,59,61,86H,6-8,10,12-14,16,19,22,25,28,30-32,34,36-38,40-47,49-52,54,56-58,60,62-85H2,1-5H3/p+1/b11-9-,17-15-,20-18-,23-21-,26-24-,29-27-,35-33-,48-39-,55-53-,61-59-. The second-order valence-corrected chi connectivity index (χ2v) is 30.2. The van der Waals surface area contributed by atoms with Gasteiger partial charge in [0.15, 0.2) is 6.10 Å². The van der Waals surface area contributed by atoms with Gasteiger partial charge in [0.1, 0.15) is 19.8 Å². The van der Waals surface area contributed by atoms with E-state index in [4.69, 9.17) is 18.5 Å². The van der Waals surface area contributed by atoms with Crippen LogP contribution in [0.25, 0.3) is 0 Å². The fourth-order valence-corrected chi connectivity index (χ4v) is 12.5. The Morgan fingerprint density at radius 1 is 0.327 bits per heavy atom. The fraction of sp³-hybridized carbons (Fsp3) is 0.750. The van der Waals surface area contributed by atoms with Gasteiger partial charge in [-0.3, -0.25) is 18.6 Å². The van der Waals surface area contributed by atoms with Gasteiger partial charge in [0, 0.05) is 12.8 Å². The molecular weight excluding hydrogens is 1230 g/mol. The molecule has 0 spiro atoms. The number of unbranched alkanes of at least 4 members (excludes halogenated alkanes) is 42. The van der Waals surface area contributed by atoms with Crippen LogP contribution in [-0.4, -0.2) is 74.9 Å². The summed E-state index contributed by atoms with van der Waals surface area (Å²) in [5.41, 5.74) is 0. The number of ether oxygens (including phenoxy) is 2. The van der Waals surface area contributed by atoms with Crippen molar-refractivity contribution in [1.82, 2.24) is 0 Å². The van der Waals surface area contributed by atoms with Crippen LogP contribution >= 0.6 is 7.82 Å². The summed E-state index contributed by atoms with van der Waals surface area (Å²) in [6.07, 6.45) is 112. The van der Waals surface area contributed by atoms with Gasteiger partial charge in [-0.1, -0.05) is 373 Å². The maximum atomic E-state index is 12.9. The number of carbonyl (C=O) groups excluding carboxylic acids is 2. The quantitative estimate of drug-likeness (QED) is 0.0211. The molecule has 0 rings (SSSR count). The fourth-order valence-electron chi connectivity index (χ4n) is 11.7. The second kappa shape index (κ2) is 77.6. The van der Waals surface area contributed by atoms with Gasteiger partial charge in [-0.2, -0.15) is 0 Å². The van der Waals surface area contributed by atoms with Crippen LogP contribution in [0.1, 0.15) is 373 Å². The van der Waals surface area contributed by atoms with Crippen molar-refractivity contribution in [3.8, 4) is 0 Å². The van der Waals surface area contributed by atoms with Crippen LogP contribution in [0, 0.1) is 0 Å². The Labute approximate surface area is 607 Å². The normalized spacial score (nSPS) is 13.7. The predicted octanol–water partition coefficient (Wildman–Crippen LogP) is 27.7. The van der Waals surface area contributed by atoms with E-state index in [-0.39, 0.29) is 32.0 Å². The zero-order valence-electron chi connectivity index (χ0n) is 64.8. The minimum absolute atomic E-state index is 0.0263. The molecule has 0 aliphatic carbocycles. The number of quaternary nitrogens is 1. The largest absolute Gasteiger partial charge is 0.472 e. The molecule has 0 saturated carbocycles. The first-order chi connectivity index (χ1) is 48.0. The third kappa shape index (κ3) is 81.4. The van der Waals surface area contributed by atoms with Gasteiger partial charge in [0.2, 0.25) is 0 Å². The first-order valence-corrected chi connectivity index (χ1v) is 42.8. The number of allylic oxidation sites excluding steroid dienone is 20. The minimum atomic E-state index is -4.40. The Bertz CT molecular complexity index is 2070. The molecule has 1 N–H and O–H groups in total. The van der Waals surface area contributed by atoms with E-state index in [1.807, 2.05) is 21.1 Å². The topological polar surface area (TPSA) is 108 Å². The van der Waals surface area contributed by atoms with E-state index in [9.17, 15) is 19.0 Å². The summed E-state index contributed by atoms with van der Waals surface area (Å²) in [5, 5.41) is 0. The van der Waals surface area contributed by atoms with E-state index in [0.717, 1.165) is 103 Å². The number of likely N-dealkylation sites (N-methyl/N-ethyl adjacent to an activating group) is 1. The summed E-state index contributed by atoms with van der Waals surface area (Å²) >= 11 is 0. The van der Waals surface area contributed by atoms with Gasteiger partial charge < -0.3 is 18.9 Å². The van der Waals surface area contributed by atoms with Crippen LogP contribution in [0.3, 0.4) is 0 Å². The van der Waals surface area contributed by atoms with Crippen molar-refractivity contribution >= 4 is 19.8 Å². The summed E-state index contributed by atoms with van der Waals surface area (Å²) in [6.45, 7) is 4.33. The molecule has 0 aromatic carbocycles. The van der Waals surface area contributed by atoms with Crippen LogP contribution in [0.2, 0.25) is 0 Å². The monoisotopic (exact) mass is 1390 g/mol. The summed E-state index contributed by atoms with van der Waals surface area (Å²) < 4.78 is 34.8. The Morgan fingerprint density at radius 3 is 0.867 bits per heavy atom. The molecule has 0 amide bonds. The Hall–Kier alpha value is -3.59. The van der Waals surface area contributed by atoms with E-state index in [0.29, 0.717) is 17.4 Å². The lowest BCUT2D eigenvalue weighted by Crippen LogP contribution is -2.37. The summed E-state index contributed by atoms with van der Waals surface area (Å²) in [5.74, 6) is -0.798. The van der Waals surface area contributed by atoms with E-state index in [2.05, 4.69) is 135 Å². The van der Waals surface area contributed by atoms with Crippen molar-refractivity contribution in [2.75, 3.05) is 47.5 Å². The maximum absolute atomic E-state index is 12.9. The smallest absolute Gasteiger partial charge is 0.462 e. The molecular formula is C88H157NO8P+. The van der Waals surface area contributed by atoms with E-state index in [1.54, 1.807) is 0 Å². The molecule has 566 valence electrons. The van der Waals surface area contributed by atoms with Crippen LogP contribution in [-0.2, 0) is 32.7 Å². The number of hydrogen-bond acceptors (Lipinski definition) is 7. The SMILES string of the molecule is CC/C=C\C/C=C\C/C=C\C/C=C\C/C=C\C/C=C\C/C=C\C/C=C\CCCCCCCCCCC(=O)OC(COC(=O)CCCCCCCCCCCCCCCCCCCCCCCCCCCCCCC/C=C\C/C=C\CCCCCCC)COP(=O)(O)OCC[N+](C)(C)C. The number of rotatable bonds is 76. The Kier molecular flexibility index (Phi) is 74.7. The molecule has 98 heavy (non-hydrogen) atoms. The van der Waals surface area contributed by atoms with Crippen molar-refractivity contribution in [2.24, 2.45) is 0 Å². The number of carbonyl (C=O) groups is 2. The Balaban J connectivity index is 3.95. The lowest BCUT2D eigenvalue weighted by Gasteiger charge is -2.24. The maximum Gasteiger partial charge on any atom is 0.472 e. The van der Waals surface area contributed by atoms with Crippen molar-refractivity contribution in [1.29, 1.82) is 0 Å². The average Bonchev–Trinajstić information content (AvgIpc) is 1.08. The first kappa shape index (κ1) is 94.4. The highest BCUT2D eigenvalue weighted by Gasteiger charge is 2.27. The number of hydrogen-bond donors (Lipinski definition) is 1. The van der Waals surface area contributed by atoms with Crippen molar-refractivity contribution in [3.05, 3.63) is 122 Å². The lowest BCUT2D eigenvalue weighted by atomic mass is 10.0. The molecule has 0 saturated heterocycles. The number of esters is 2. The van der Waals surface area contributed by atoms with Crippen LogP contribution in [0.15, 0.2) is 122 Å². The molecule has 0 aliphatic rings. The van der Waals surface area contributed by atoms with E-state index < -0.39 is 26.5 Å². The molecule has 0 radical (unpaired) electrons. The van der Waals surface area contributed by atoms with Crippen LogP contribution in [0.5, 0.6) is 0 Å². The molecule has 0 aromatic heterocycles. The number of phosphoric acid groups is 1. The number of nitrogens with zero attached hydrogens (tertiary/aromatic N) is 1. The Morgan fingerprint density at radius 2 is 0.582 bits per heavy atom. The molecule has 0 aliphatic heterocycles. The third-order valence-corrected chi connectivity index (χ3v) is 19.0. The van der Waals surface area contributed by atoms with Gasteiger partial charge >= 0.3 is 19.8 Å². The van der Waals surface area contributed by atoms with Crippen molar-refractivity contribution in [2.45, 2.75) is 380 Å². The predicted molar refractivity (Wildman–Crippen MR) is 427 cm³/mol. The van der Waals surface area contributed by atoms with Gasteiger partial charge in [-0.05, 0) is 109 Å². The molecule has 2 unspecified atom stereocenters. The average molecular weight is 1390 g/mol. The van der Waals surface area contributed by atoms with Crippen molar-refractivity contribution in [3.63, 3.8) is 0 Å². The highest BCUT2D eigenvalue weighted by molar-refractivity contribution is 7.47. The molecule has 9 nitrogen and oxygen atoms in total. The number of phosphoric ester groups is 1. The first-order valence-electron chi connectivity index (χ1n) is 41.3. The molecule has 0 heterocycles. The van der Waals surface area contributed by atoms with Crippen LogP contribution in [0.4, 0.5) is 0 Å². The van der Waals surface area contributed by atoms with Crippen molar-refractivity contribution < 1.29 is 42.1 Å². The van der Waals surface area contributed by atoms with Gasteiger partial charge in [-0.15, -0.1) is 0 Å². The molecule has 0 aromatic rings. The summed E-state index contributed by atoms with van der Waals surface area (Å²) in [7, 11) is 1.47. The zero-order valence-corrected chi connectivity index (χ0v) is 65.6. The third-order valence-electron chi connectivity index (χ3n) is 18.0. The minimum Gasteiger partial charge on any atom is -0.462 e. The van der Waals surface area contributed by atoms with E-state index >= 15 is 0 Å². The zero-order chi connectivity index (χ0) is 71.1. The van der Waals surface area contributed by atoms with Gasteiger partial charge in [0.05, 0.1) is 27.7 Å². The summed E-state index contributed by atoms with van der Waals surface area (Å²) in [4.78, 5) is 36.0. The van der Waals surface area contributed by atoms with Gasteiger partial charge in [-0.25, -0.2) is 4.57 Å². The summed E-state index contributed by atoms with van der Waals surface area (Å²) in [6, 6.07) is 0. The van der Waals surface area contributed by atoms with E-state index in [1.165, 1.54) is 238 Å². The molecule has 0 bridgehead atoms. The second-order valence-electron chi connectivity index (χ2n) is 28.8. The lowest BCUT2D eigenvalue weighted by molar-refractivity contribution is -0.870. The molecule has 0 fully saturated rings. The highest BCUT2D eigenvalue weighted by atomic mass is 31.2.